The molecule has 0 unspecified atom stereocenters. The average molecular weight is 372 g/mol. The van der Waals surface area contributed by atoms with Crippen molar-refractivity contribution < 1.29 is 9.32 Å². The highest BCUT2D eigenvalue weighted by molar-refractivity contribution is 5.94. The Hall–Kier alpha value is -3.67. The zero-order valence-corrected chi connectivity index (χ0v) is 15.5. The van der Waals surface area contributed by atoms with Crippen LogP contribution in [0.5, 0.6) is 0 Å². The van der Waals surface area contributed by atoms with Crippen LogP contribution in [0, 0.1) is 6.92 Å². The van der Waals surface area contributed by atoms with Crippen molar-refractivity contribution in [3.05, 3.63) is 95.7 Å². The fourth-order valence-electron chi connectivity index (χ4n) is 2.87. The molecule has 4 rings (SSSR count). The minimum Gasteiger partial charge on any atom is -0.356 e. The van der Waals surface area contributed by atoms with Crippen molar-refractivity contribution in [1.29, 1.82) is 0 Å². The first-order valence-electron chi connectivity index (χ1n) is 9.03. The maximum atomic E-state index is 12.4. The molecular formula is C22H20N4O2. The van der Waals surface area contributed by atoms with Crippen LogP contribution in [0.3, 0.4) is 0 Å². The van der Waals surface area contributed by atoms with E-state index in [1.807, 2.05) is 72.3 Å². The van der Waals surface area contributed by atoms with Gasteiger partial charge in [-0.3, -0.25) is 4.79 Å². The maximum absolute atomic E-state index is 12.4. The van der Waals surface area contributed by atoms with Crippen LogP contribution in [-0.2, 0) is 13.1 Å². The summed E-state index contributed by atoms with van der Waals surface area (Å²) in [5.74, 6) is 0.544. The summed E-state index contributed by atoms with van der Waals surface area (Å²) in [4.78, 5) is 16.4. The molecule has 6 heteroatoms. The van der Waals surface area contributed by atoms with Crippen molar-refractivity contribution in [3.63, 3.8) is 0 Å². The number of benzene rings is 2. The quantitative estimate of drug-likeness (QED) is 0.558. The first kappa shape index (κ1) is 17.7. The number of rotatable bonds is 6. The summed E-state index contributed by atoms with van der Waals surface area (Å²) in [5, 5.41) is 6.92. The van der Waals surface area contributed by atoms with E-state index in [9.17, 15) is 4.79 Å². The summed E-state index contributed by atoms with van der Waals surface area (Å²) in [7, 11) is 0. The zero-order valence-electron chi connectivity index (χ0n) is 15.5. The topological polar surface area (TPSA) is 73.0 Å². The van der Waals surface area contributed by atoms with Gasteiger partial charge in [-0.1, -0.05) is 47.1 Å². The molecule has 0 radical (unpaired) electrons. The van der Waals surface area contributed by atoms with Gasteiger partial charge in [-0.05, 0) is 24.6 Å². The highest BCUT2D eigenvalue weighted by Crippen LogP contribution is 2.20. The molecule has 140 valence electrons. The van der Waals surface area contributed by atoms with E-state index >= 15 is 0 Å². The van der Waals surface area contributed by atoms with Crippen LogP contribution in [0.4, 0.5) is 0 Å². The van der Waals surface area contributed by atoms with Gasteiger partial charge in [-0.25, -0.2) is 4.98 Å². The molecule has 0 atom stereocenters. The van der Waals surface area contributed by atoms with Gasteiger partial charge >= 0.3 is 0 Å². The lowest BCUT2D eigenvalue weighted by Gasteiger charge is -2.05. The second-order valence-corrected chi connectivity index (χ2v) is 6.66. The van der Waals surface area contributed by atoms with Crippen molar-refractivity contribution in [2.45, 2.75) is 20.0 Å². The monoisotopic (exact) mass is 372 g/mol. The molecule has 1 amide bonds. The second-order valence-electron chi connectivity index (χ2n) is 6.66. The number of aromatic nitrogens is 3. The number of carbonyl (C=O) groups excluding carboxylic acids is 1. The summed E-state index contributed by atoms with van der Waals surface area (Å²) in [5.41, 5.74) is 4.54. The number of nitrogens with one attached hydrogen (secondary N) is 1. The van der Waals surface area contributed by atoms with Gasteiger partial charge in [0, 0.05) is 36.1 Å². The van der Waals surface area contributed by atoms with Gasteiger partial charge in [0.25, 0.3) is 5.91 Å². The third kappa shape index (κ3) is 4.17. The molecule has 1 N–H and O–H groups in total. The van der Waals surface area contributed by atoms with E-state index in [2.05, 4.69) is 15.5 Å². The van der Waals surface area contributed by atoms with Crippen molar-refractivity contribution in [3.8, 4) is 11.3 Å². The fraction of sp³-hybridized carbons (Fsp3) is 0.136. The molecule has 6 nitrogen and oxygen atoms in total. The normalized spacial score (nSPS) is 10.8. The standard InChI is InChI=1S/C22H20N4O2/c1-16-2-6-18(7-3-16)21-12-20(25-28-21)13-24-22(27)19-8-4-17(5-9-19)14-26-11-10-23-15-26/h2-12,15H,13-14H2,1H3,(H,24,27). The molecule has 0 spiro atoms. The Morgan fingerprint density at radius 2 is 1.89 bits per heavy atom. The number of carbonyl (C=O) groups is 1. The predicted molar refractivity (Wildman–Crippen MR) is 106 cm³/mol. The summed E-state index contributed by atoms with van der Waals surface area (Å²) >= 11 is 0. The molecule has 2 aromatic carbocycles. The van der Waals surface area contributed by atoms with E-state index in [1.165, 1.54) is 5.56 Å². The summed E-state index contributed by atoms with van der Waals surface area (Å²) in [6, 6.07) is 17.4. The lowest BCUT2D eigenvalue weighted by molar-refractivity contribution is 0.0950. The molecule has 4 aromatic rings. The lowest BCUT2D eigenvalue weighted by atomic mass is 10.1. The summed E-state index contributed by atoms with van der Waals surface area (Å²) in [6.07, 6.45) is 5.42. The van der Waals surface area contributed by atoms with E-state index in [1.54, 1.807) is 12.5 Å². The number of hydrogen-bond acceptors (Lipinski definition) is 4. The number of aryl methyl sites for hydroxylation is 1. The van der Waals surface area contributed by atoms with Crippen molar-refractivity contribution in [2.24, 2.45) is 0 Å². The van der Waals surface area contributed by atoms with Gasteiger partial charge in [0.2, 0.25) is 0 Å². The van der Waals surface area contributed by atoms with E-state index in [4.69, 9.17) is 4.52 Å². The van der Waals surface area contributed by atoms with Crippen LogP contribution >= 0.6 is 0 Å². The Bertz CT molecular complexity index is 1050. The Morgan fingerprint density at radius 3 is 2.61 bits per heavy atom. The molecule has 2 aromatic heterocycles. The molecule has 0 aliphatic carbocycles. The SMILES string of the molecule is Cc1ccc(-c2cc(CNC(=O)c3ccc(Cn4ccnc4)cc3)no2)cc1. The molecule has 0 aliphatic rings. The fourth-order valence-corrected chi connectivity index (χ4v) is 2.87. The minimum absolute atomic E-state index is 0.144. The van der Waals surface area contributed by atoms with Crippen LogP contribution in [0.15, 0.2) is 77.8 Å². The van der Waals surface area contributed by atoms with Gasteiger partial charge in [-0.15, -0.1) is 0 Å². The Morgan fingerprint density at radius 1 is 1.11 bits per heavy atom. The van der Waals surface area contributed by atoms with Gasteiger partial charge in [0.05, 0.1) is 12.9 Å². The van der Waals surface area contributed by atoms with Crippen molar-refractivity contribution >= 4 is 5.91 Å². The van der Waals surface area contributed by atoms with E-state index < -0.39 is 0 Å². The lowest BCUT2D eigenvalue weighted by Crippen LogP contribution is -2.22. The third-order valence-electron chi connectivity index (χ3n) is 4.47. The number of hydrogen-bond donors (Lipinski definition) is 1. The van der Waals surface area contributed by atoms with E-state index in [-0.39, 0.29) is 5.91 Å². The van der Waals surface area contributed by atoms with E-state index in [0.717, 1.165) is 17.7 Å². The van der Waals surface area contributed by atoms with Crippen LogP contribution in [0.1, 0.15) is 27.2 Å². The Balaban J connectivity index is 1.34. The largest absolute Gasteiger partial charge is 0.356 e. The molecule has 0 aliphatic heterocycles. The zero-order chi connectivity index (χ0) is 19.3. The van der Waals surface area contributed by atoms with Crippen LogP contribution in [0.25, 0.3) is 11.3 Å². The molecule has 0 saturated heterocycles. The first-order chi connectivity index (χ1) is 13.7. The van der Waals surface area contributed by atoms with Crippen LogP contribution in [-0.4, -0.2) is 20.6 Å². The van der Waals surface area contributed by atoms with Crippen LogP contribution in [0.2, 0.25) is 0 Å². The van der Waals surface area contributed by atoms with Crippen molar-refractivity contribution in [2.75, 3.05) is 0 Å². The molecule has 28 heavy (non-hydrogen) atoms. The van der Waals surface area contributed by atoms with Gasteiger partial charge in [-0.2, -0.15) is 0 Å². The highest BCUT2D eigenvalue weighted by atomic mass is 16.5. The Labute approximate surface area is 162 Å². The van der Waals surface area contributed by atoms with E-state index in [0.29, 0.717) is 23.6 Å². The maximum Gasteiger partial charge on any atom is 0.251 e. The smallest absolute Gasteiger partial charge is 0.251 e. The van der Waals surface area contributed by atoms with Gasteiger partial charge < -0.3 is 14.4 Å². The second kappa shape index (κ2) is 7.92. The minimum atomic E-state index is -0.144. The molecule has 0 bridgehead atoms. The van der Waals surface area contributed by atoms with Crippen molar-refractivity contribution in [1.82, 2.24) is 20.0 Å². The van der Waals surface area contributed by atoms with Gasteiger partial charge in [0.15, 0.2) is 5.76 Å². The number of nitrogens with zero attached hydrogens (tertiary/aromatic N) is 3. The predicted octanol–water partition coefficient (Wildman–Crippen LogP) is 3.82. The molecule has 0 fully saturated rings. The molecule has 0 saturated carbocycles. The Kier molecular flexibility index (Phi) is 5.01. The first-order valence-corrected chi connectivity index (χ1v) is 9.03. The summed E-state index contributed by atoms with van der Waals surface area (Å²) < 4.78 is 7.36. The number of imidazole rings is 1. The summed E-state index contributed by atoms with van der Waals surface area (Å²) in [6.45, 7) is 3.07. The average Bonchev–Trinajstić information content (AvgIpc) is 3.39. The third-order valence-corrected chi connectivity index (χ3v) is 4.47. The number of amides is 1. The highest BCUT2D eigenvalue weighted by Gasteiger charge is 2.10. The van der Waals surface area contributed by atoms with Gasteiger partial charge in [0.1, 0.15) is 5.69 Å². The molecular weight excluding hydrogens is 352 g/mol. The molecule has 2 heterocycles. The van der Waals surface area contributed by atoms with Crippen LogP contribution < -0.4 is 5.32 Å².